The summed E-state index contributed by atoms with van der Waals surface area (Å²) in [6, 6.07) is 4.79. The number of carbonyl (C=O) groups excluding carboxylic acids is 1. The highest BCUT2D eigenvalue weighted by molar-refractivity contribution is 5.67. The number of aryl methyl sites for hydroxylation is 1. The summed E-state index contributed by atoms with van der Waals surface area (Å²) in [5.41, 5.74) is 0.767. The quantitative estimate of drug-likeness (QED) is 0.889. The van der Waals surface area contributed by atoms with E-state index in [0.29, 0.717) is 12.2 Å². The highest BCUT2D eigenvalue weighted by Crippen LogP contribution is 2.19. The van der Waals surface area contributed by atoms with Crippen molar-refractivity contribution < 1.29 is 13.9 Å². The van der Waals surface area contributed by atoms with Gasteiger partial charge in [-0.1, -0.05) is 12.1 Å². The smallest absolute Gasteiger partial charge is 0.407 e. The molecule has 1 aromatic rings. The van der Waals surface area contributed by atoms with Crippen LogP contribution in [-0.4, -0.2) is 24.3 Å². The number of alkyl carbamates (subject to hydrolysis) is 1. The van der Waals surface area contributed by atoms with Crippen LogP contribution in [0.1, 0.15) is 33.3 Å². The van der Waals surface area contributed by atoms with E-state index in [1.807, 2.05) is 19.9 Å². The number of rotatable bonds is 4. The Morgan fingerprint density at radius 2 is 2.05 bits per heavy atom. The summed E-state index contributed by atoms with van der Waals surface area (Å²) in [6.07, 6.45) is -0.476. The second kappa shape index (κ2) is 6.59. The number of hydrogen-bond acceptors (Lipinski definition) is 3. The lowest BCUT2D eigenvalue weighted by Gasteiger charge is -2.22. The van der Waals surface area contributed by atoms with Gasteiger partial charge < -0.3 is 15.4 Å². The van der Waals surface area contributed by atoms with Gasteiger partial charge in [-0.2, -0.15) is 0 Å². The molecule has 0 aliphatic carbocycles. The van der Waals surface area contributed by atoms with Gasteiger partial charge in [0.1, 0.15) is 11.4 Å². The Bertz CT molecular complexity index is 449. The molecule has 20 heavy (non-hydrogen) atoms. The molecule has 1 aromatic carbocycles. The zero-order valence-electron chi connectivity index (χ0n) is 12.7. The van der Waals surface area contributed by atoms with Crippen molar-refractivity contribution in [3.63, 3.8) is 0 Å². The second-order valence-electron chi connectivity index (χ2n) is 5.86. The Balaban J connectivity index is 2.48. The SMILES string of the molecule is Cc1cccc(F)c1NC(C)CNC(=O)OC(C)(C)C. The second-order valence-corrected chi connectivity index (χ2v) is 5.86. The molecule has 0 aromatic heterocycles. The molecule has 112 valence electrons. The molecule has 1 amide bonds. The van der Waals surface area contributed by atoms with E-state index < -0.39 is 11.7 Å². The van der Waals surface area contributed by atoms with Gasteiger partial charge in [-0.25, -0.2) is 9.18 Å². The molecule has 0 saturated carbocycles. The summed E-state index contributed by atoms with van der Waals surface area (Å²) in [4.78, 5) is 11.5. The molecule has 0 fully saturated rings. The Labute approximate surface area is 119 Å². The number of amides is 1. The van der Waals surface area contributed by atoms with Gasteiger partial charge in [-0.3, -0.25) is 0 Å². The van der Waals surface area contributed by atoms with E-state index in [-0.39, 0.29) is 11.9 Å². The first kappa shape index (κ1) is 16.3. The van der Waals surface area contributed by atoms with Crippen LogP contribution in [0.2, 0.25) is 0 Å². The average molecular weight is 282 g/mol. The molecule has 4 nitrogen and oxygen atoms in total. The summed E-state index contributed by atoms with van der Waals surface area (Å²) in [6.45, 7) is 9.45. The zero-order chi connectivity index (χ0) is 15.3. The van der Waals surface area contributed by atoms with Gasteiger partial charge >= 0.3 is 6.09 Å². The largest absolute Gasteiger partial charge is 0.444 e. The lowest BCUT2D eigenvalue weighted by Crippen LogP contribution is -2.38. The standard InChI is InChI=1S/C15H23FN2O2/c1-10-7-6-8-12(16)13(10)18-11(2)9-17-14(19)20-15(3,4)5/h6-8,11,18H,9H2,1-5H3,(H,17,19). The van der Waals surface area contributed by atoms with Gasteiger partial charge in [0.05, 0.1) is 5.69 Å². The van der Waals surface area contributed by atoms with Gasteiger partial charge in [0.2, 0.25) is 0 Å². The van der Waals surface area contributed by atoms with Crippen molar-refractivity contribution in [2.24, 2.45) is 0 Å². The molecule has 0 aliphatic heterocycles. The summed E-state index contributed by atoms with van der Waals surface area (Å²) in [7, 11) is 0. The predicted octanol–water partition coefficient (Wildman–Crippen LogP) is 3.46. The summed E-state index contributed by atoms with van der Waals surface area (Å²) in [5.74, 6) is -0.297. The number of benzene rings is 1. The fraction of sp³-hybridized carbons (Fsp3) is 0.533. The van der Waals surface area contributed by atoms with Crippen LogP contribution >= 0.6 is 0 Å². The van der Waals surface area contributed by atoms with Crippen molar-refractivity contribution in [3.8, 4) is 0 Å². The maximum Gasteiger partial charge on any atom is 0.407 e. The molecule has 0 bridgehead atoms. The molecular formula is C15H23FN2O2. The van der Waals surface area contributed by atoms with Crippen molar-refractivity contribution in [3.05, 3.63) is 29.6 Å². The van der Waals surface area contributed by atoms with E-state index in [2.05, 4.69) is 10.6 Å². The summed E-state index contributed by atoms with van der Waals surface area (Å²) >= 11 is 0. The highest BCUT2D eigenvalue weighted by Gasteiger charge is 2.16. The van der Waals surface area contributed by atoms with E-state index in [9.17, 15) is 9.18 Å². The predicted molar refractivity (Wildman–Crippen MR) is 78.5 cm³/mol. The lowest BCUT2D eigenvalue weighted by atomic mass is 10.1. The summed E-state index contributed by atoms with van der Waals surface area (Å²) in [5, 5.41) is 5.70. The Kier molecular flexibility index (Phi) is 5.36. The van der Waals surface area contributed by atoms with Crippen LogP contribution in [0.5, 0.6) is 0 Å². The number of halogens is 1. The van der Waals surface area contributed by atoms with Crippen LogP contribution in [0.25, 0.3) is 0 Å². The number of nitrogens with one attached hydrogen (secondary N) is 2. The molecule has 0 spiro atoms. The van der Waals surface area contributed by atoms with Gasteiger partial charge in [0, 0.05) is 12.6 Å². The zero-order valence-corrected chi connectivity index (χ0v) is 12.7. The molecule has 1 rings (SSSR count). The van der Waals surface area contributed by atoms with Crippen LogP contribution in [0.15, 0.2) is 18.2 Å². The Hall–Kier alpha value is -1.78. The van der Waals surface area contributed by atoms with Gasteiger partial charge in [-0.05, 0) is 46.2 Å². The molecule has 0 saturated heterocycles. The molecule has 0 heterocycles. The van der Waals surface area contributed by atoms with Crippen LogP contribution in [-0.2, 0) is 4.74 Å². The van der Waals surface area contributed by atoms with Gasteiger partial charge in [0.25, 0.3) is 0 Å². The number of para-hydroxylation sites is 1. The maximum absolute atomic E-state index is 13.7. The van der Waals surface area contributed by atoms with E-state index in [1.54, 1.807) is 26.8 Å². The molecule has 0 aliphatic rings. The van der Waals surface area contributed by atoms with Crippen molar-refractivity contribution in [1.82, 2.24) is 5.32 Å². The lowest BCUT2D eigenvalue weighted by molar-refractivity contribution is 0.0526. The van der Waals surface area contributed by atoms with E-state index in [0.717, 1.165) is 5.56 Å². The van der Waals surface area contributed by atoms with Crippen molar-refractivity contribution in [2.75, 3.05) is 11.9 Å². The fourth-order valence-electron chi connectivity index (χ4n) is 1.66. The minimum Gasteiger partial charge on any atom is -0.444 e. The molecule has 5 heteroatoms. The topological polar surface area (TPSA) is 50.4 Å². The van der Waals surface area contributed by atoms with Crippen LogP contribution in [0.3, 0.4) is 0 Å². The highest BCUT2D eigenvalue weighted by atomic mass is 19.1. The molecule has 1 atom stereocenters. The van der Waals surface area contributed by atoms with E-state index >= 15 is 0 Å². The first-order valence-corrected chi connectivity index (χ1v) is 6.67. The average Bonchev–Trinajstić information content (AvgIpc) is 2.29. The minimum absolute atomic E-state index is 0.113. The molecule has 2 N–H and O–H groups in total. The third-order valence-corrected chi connectivity index (χ3v) is 2.56. The fourth-order valence-corrected chi connectivity index (χ4v) is 1.66. The third kappa shape index (κ3) is 5.47. The first-order chi connectivity index (χ1) is 9.19. The number of hydrogen-bond donors (Lipinski definition) is 2. The molecule has 0 radical (unpaired) electrons. The minimum atomic E-state index is -0.525. The molecule has 1 unspecified atom stereocenters. The summed E-state index contributed by atoms with van der Waals surface area (Å²) < 4.78 is 18.8. The first-order valence-electron chi connectivity index (χ1n) is 6.67. The van der Waals surface area contributed by atoms with Crippen LogP contribution < -0.4 is 10.6 Å². The Morgan fingerprint density at radius 1 is 1.40 bits per heavy atom. The third-order valence-electron chi connectivity index (χ3n) is 2.56. The molecular weight excluding hydrogens is 259 g/mol. The van der Waals surface area contributed by atoms with Crippen LogP contribution in [0, 0.1) is 12.7 Å². The van der Waals surface area contributed by atoms with Crippen molar-refractivity contribution in [1.29, 1.82) is 0 Å². The number of anilines is 1. The van der Waals surface area contributed by atoms with Crippen LogP contribution in [0.4, 0.5) is 14.9 Å². The maximum atomic E-state index is 13.7. The number of carbonyl (C=O) groups is 1. The van der Waals surface area contributed by atoms with E-state index in [4.69, 9.17) is 4.74 Å². The van der Waals surface area contributed by atoms with E-state index in [1.165, 1.54) is 6.07 Å². The number of ether oxygens (including phenoxy) is 1. The van der Waals surface area contributed by atoms with Gasteiger partial charge in [0.15, 0.2) is 0 Å². The van der Waals surface area contributed by atoms with Gasteiger partial charge in [-0.15, -0.1) is 0 Å². The monoisotopic (exact) mass is 282 g/mol. The van der Waals surface area contributed by atoms with Crippen molar-refractivity contribution in [2.45, 2.75) is 46.3 Å². The van der Waals surface area contributed by atoms with Crippen molar-refractivity contribution >= 4 is 11.8 Å². The normalized spacial score (nSPS) is 12.7. The Morgan fingerprint density at radius 3 is 2.60 bits per heavy atom.